The first-order valence-electron chi connectivity index (χ1n) is 9.71. The average molecular weight is 367 g/mol. The van der Waals surface area contributed by atoms with Gasteiger partial charge >= 0.3 is 0 Å². The molecule has 4 nitrogen and oxygen atoms in total. The van der Waals surface area contributed by atoms with Crippen LogP contribution >= 0.6 is 0 Å². The lowest BCUT2D eigenvalue weighted by atomic mass is 10.0. The van der Waals surface area contributed by atoms with E-state index in [9.17, 15) is 9.59 Å². The van der Waals surface area contributed by atoms with Crippen LogP contribution in [0.5, 0.6) is 0 Å². The maximum atomic E-state index is 13.1. The zero-order valence-corrected chi connectivity index (χ0v) is 16.6. The van der Waals surface area contributed by atoms with Crippen molar-refractivity contribution in [3.63, 3.8) is 0 Å². The minimum absolute atomic E-state index is 0.00497. The van der Waals surface area contributed by atoms with Gasteiger partial charge in [0.15, 0.2) is 0 Å². The Morgan fingerprint density at radius 3 is 2.33 bits per heavy atom. The molecule has 1 N–H and O–H groups in total. The smallest absolute Gasteiger partial charge is 0.242 e. The lowest BCUT2D eigenvalue weighted by molar-refractivity contribution is -0.140. The van der Waals surface area contributed by atoms with Crippen molar-refractivity contribution in [2.75, 3.05) is 13.1 Å². The Hall–Kier alpha value is -2.62. The normalized spacial score (nSPS) is 11.7. The second-order valence-corrected chi connectivity index (χ2v) is 6.81. The second kappa shape index (κ2) is 10.5. The molecule has 0 saturated carbocycles. The summed E-state index contributed by atoms with van der Waals surface area (Å²) in [5.41, 5.74) is 3.28. The molecule has 1 atom stereocenters. The maximum absolute atomic E-state index is 13.1. The molecule has 2 rings (SSSR count). The monoisotopic (exact) mass is 366 g/mol. The fourth-order valence-electron chi connectivity index (χ4n) is 3.29. The fourth-order valence-corrected chi connectivity index (χ4v) is 3.29. The van der Waals surface area contributed by atoms with Gasteiger partial charge in [0, 0.05) is 13.1 Å². The minimum atomic E-state index is -0.439. The van der Waals surface area contributed by atoms with Crippen LogP contribution in [0.25, 0.3) is 0 Å². The van der Waals surface area contributed by atoms with Crippen LogP contribution in [-0.2, 0) is 22.4 Å². The molecule has 2 aromatic rings. The second-order valence-electron chi connectivity index (χ2n) is 6.81. The van der Waals surface area contributed by atoms with Crippen molar-refractivity contribution < 1.29 is 9.59 Å². The highest BCUT2D eigenvalue weighted by atomic mass is 16.2. The average Bonchev–Trinajstić information content (AvgIpc) is 2.66. The third-order valence-electron chi connectivity index (χ3n) is 4.66. The van der Waals surface area contributed by atoms with Crippen molar-refractivity contribution in [3.8, 4) is 0 Å². The number of benzene rings is 2. The largest absolute Gasteiger partial charge is 0.355 e. The van der Waals surface area contributed by atoms with E-state index in [1.54, 1.807) is 4.90 Å². The van der Waals surface area contributed by atoms with Crippen molar-refractivity contribution in [3.05, 3.63) is 71.3 Å². The van der Waals surface area contributed by atoms with Crippen LogP contribution < -0.4 is 5.32 Å². The lowest BCUT2D eigenvalue weighted by Gasteiger charge is -2.30. The van der Waals surface area contributed by atoms with Gasteiger partial charge in [-0.25, -0.2) is 0 Å². The molecule has 0 aromatic heterocycles. The summed E-state index contributed by atoms with van der Waals surface area (Å²) in [7, 11) is 0. The molecular formula is C23H30N2O2. The number of carbonyl (C=O) groups excluding carboxylic acids is 2. The molecular weight excluding hydrogens is 336 g/mol. The Labute approximate surface area is 162 Å². The van der Waals surface area contributed by atoms with Crippen LogP contribution in [0.3, 0.4) is 0 Å². The van der Waals surface area contributed by atoms with E-state index in [0.717, 1.165) is 23.1 Å². The molecule has 0 bridgehead atoms. The third kappa shape index (κ3) is 6.24. The van der Waals surface area contributed by atoms with Gasteiger partial charge in [-0.3, -0.25) is 9.59 Å². The Balaban J connectivity index is 2.18. The van der Waals surface area contributed by atoms with E-state index in [0.29, 0.717) is 25.9 Å². The number of aryl methyl sites for hydroxylation is 1. The zero-order chi connectivity index (χ0) is 19.6. The van der Waals surface area contributed by atoms with Crippen molar-refractivity contribution in [2.45, 2.75) is 46.1 Å². The molecule has 0 heterocycles. The summed E-state index contributed by atoms with van der Waals surface area (Å²) in [6.45, 7) is 6.96. The van der Waals surface area contributed by atoms with Gasteiger partial charge in [0.2, 0.25) is 11.8 Å². The summed E-state index contributed by atoms with van der Waals surface area (Å²) >= 11 is 0. The number of nitrogens with zero attached hydrogens (tertiary/aromatic N) is 1. The van der Waals surface area contributed by atoms with Gasteiger partial charge < -0.3 is 10.2 Å². The Kier molecular flexibility index (Phi) is 8.05. The number of carbonyl (C=O) groups is 2. The van der Waals surface area contributed by atoms with Crippen LogP contribution in [0.2, 0.25) is 0 Å². The summed E-state index contributed by atoms with van der Waals surface area (Å²) in [5, 5.41) is 2.87. The predicted octanol–water partition coefficient (Wildman–Crippen LogP) is 3.52. The van der Waals surface area contributed by atoms with Gasteiger partial charge in [-0.1, -0.05) is 67.1 Å². The molecule has 0 saturated heterocycles. The summed E-state index contributed by atoms with van der Waals surface area (Å²) < 4.78 is 0. The van der Waals surface area contributed by atoms with Crippen molar-refractivity contribution in [1.82, 2.24) is 10.2 Å². The summed E-state index contributed by atoms with van der Waals surface area (Å²) in [4.78, 5) is 27.4. The first-order valence-corrected chi connectivity index (χ1v) is 9.71. The highest BCUT2D eigenvalue weighted by Crippen LogP contribution is 2.13. The number of amides is 2. The topological polar surface area (TPSA) is 49.4 Å². The van der Waals surface area contributed by atoms with E-state index in [1.807, 2.05) is 63.2 Å². The fraction of sp³-hybridized carbons (Fsp3) is 0.391. The van der Waals surface area contributed by atoms with E-state index < -0.39 is 6.04 Å². The van der Waals surface area contributed by atoms with E-state index in [2.05, 4.69) is 17.4 Å². The Bertz CT molecular complexity index is 743. The molecule has 0 unspecified atom stereocenters. The highest BCUT2D eigenvalue weighted by molar-refractivity contribution is 5.88. The Morgan fingerprint density at radius 1 is 1.00 bits per heavy atom. The maximum Gasteiger partial charge on any atom is 0.242 e. The van der Waals surface area contributed by atoms with Gasteiger partial charge in [0.25, 0.3) is 0 Å². The SMILES string of the molecule is CCNC(=O)[C@H](CC)N(CCc1ccccc1)C(=O)Cc1cccc(C)c1. The third-order valence-corrected chi connectivity index (χ3v) is 4.66. The van der Waals surface area contributed by atoms with Crippen LogP contribution in [0.4, 0.5) is 0 Å². The number of rotatable bonds is 9. The van der Waals surface area contributed by atoms with Gasteiger partial charge in [0.1, 0.15) is 6.04 Å². The Morgan fingerprint density at radius 2 is 1.70 bits per heavy atom. The first-order chi connectivity index (χ1) is 13.0. The molecule has 27 heavy (non-hydrogen) atoms. The van der Waals surface area contributed by atoms with E-state index in [-0.39, 0.29) is 11.8 Å². The first kappa shape index (κ1) is 20.7. The van der Waals surface area contributed by atoms with Crippen LogP contribution in [-0.4, -0.2) is 35.8 Å². The molecule has 0 aliphatic carbocycles. The van der Waals surface area contributed by atoms with Crippen LogP contribution in [0.1, 0.15) is 37.0 Å². The van der Waals surface area contributed by atoms with Gasteiger partial charge in [-0.05, 0) is 37.8 Å². The highest BCUT2D eigenvalue weighted by Gasteiger charge is 2.27. The minimum Gasteiger partial charge on any atom is -0.355 e. The standard InChI is InChI=1S/C23H30N2O2/c1-4-21(23(27)24-5-2)25(15-14-19-11-7-6-8-12-19)22(26)17-20-13-9-10-18(3)16-20/h6-13,16,21H,4-5,14-15,17H2,1-3H3,(H,24,27)/t21-/m0/s1. The van der Waals surface area contributed by atoms with Crippen LogP contribution in [0, 0.1) is 6.92 Å². The lowest BCUT2D eigenvalue weighted by Crippen LogP contribution is -2.50. The molecule has 0 spiro atoms. The van der Waals surface area contributed by atoms with Crippen LogP contribution in [0.15, 0.2) is 54.6 Å². The molecule has 144 valence electrons. The van der Waals surface area contributed by atoms with Gasteiger partial charge in [0.05, 0.1) is 6.42 Å². The predicted molar refractivity (Wildman–Crippen MR) is 110 cm³/mol. The molecule has 0 radical (unpaired) electrons. The van der Waals surface area contributed by atoms with Crippen molar-refractivity contribution in [2.24, 2.45) is 0 Å². The molecule has 0 fully saturated rings. The summed E-state index contributed by atoms with van der Waals surface area (Å²) in [5.74, 6) is -0.0831. The van der Waals surface area contributed by atoms with E-state index in [1.165, 1.54) is 0 Å². The van der Waals surface area contributed by atoms with E-state index >= 15 is 0 Å². The summed E-state index contributed by atoms with van der Waals surface area (Å²) in [6, 6.07) is 17.6. The molecule has 0 aliphatic heterocycles. The quantitative estimate of drug-likeness (QED) is 0.738. The number of nitrogens with one attached hydrogen (secondary N) is 1. The number of hydrogen-bond acceptors (Lipinski definition) is 2. The number of likely N-dealkylation sites (N-methyl/N-ethyl adjacent to an activating group) is 1. The van der Waals surface area contributed by atoms with Gasteiger partial charge in [-0.2, -0.15) is 0 Å². The molecule has 4 heteroatoms. The molecule has 0 aliphatic rings. The number of hydrogen-bond donors (Lipinski definition) is 1. The van der Waals surface area contributed by atoms with E-state index in [4.69, 9.17) is 0 Å². The summed E-state index contributed by atoms with van der Waals surface area (Å²) in [6.07, 6.45) is 1.64. The van der Waals surface area contributed by atoms with Crippen molar-refractivity contribution >= 4 is 11.8 Å². The molecule has 2 aromatic carbocycles. The zero-order valence-electron chi connectivity index (χ0n) is 16.6. The van der Waals surface area contributed by atoms with Crippen molar-refractivity contribution in [1.29, 1.82) is 0 Å². The van der Waals surface area contributed by atoms with Gasteiger partial charge in [-0.15, -0.1) is 0 Å². The molecule has 2 amide bonds.